The van der Waals surface area contributed by atoms with Gasteiger partial charge in [0.25, 0.3) is 0 Å². The standard InChI is InChI=1S/C16H29N3O6/c1-14(20)2-3-17-4-5-18(12-15(21)22)6-7-19(13-16(23)24)9-11-25-10-8-17/h2-13H2,1H3,(H,21,22)(H,23,24). The molecule has 9 nitrogen and oxygen atoms in total. The van der Waals surface area contributed by atoms with Crippen molar-refractivity contribution in [1.82, 2.24) is 14.7 Å². The maximum absolute atomic E-state index is 11.2. The Morgan fingerprint density at radius 3 is 1.72 bits per heavy atom. The second kappa shape index (κ2) is 11.9. The molecule has 0 spiro atoms. The first-order chi connectivity index (χ1) is 11.9. The maximum Gasteiger partial charge on any atom is 0.317 e. The predicted molar refractivity (Wildman–Crippen MR) is 90.7 cm³/mol. The minimum Gasteiger partial charge on any atom is -0.480 e. The average molecular weight is 359 g/mol. The number of carboxylic acids is 2. The van der Waals surface area contributed by atoms with Gasteiger partial charge in [-0.3, -0.25) is 29.1 Å². The van der Waals surface area contributed by atoms with Crippen LogP contribution >= 0.6 is 0 Å². The van der Waals surface area contributed by atoms with Gasteiger partial charge in [-0.1, -0.05) is 0 Å². The Labute approximate surface area is 148 Å². The molecule has 0 aliphatic carbocycles. The summed E-state index contributed by atoms with van der Waals surface area (Å²) in [6.45, 7) is 6.21. The Kier molecular flexibility index (Phi) is 10.2. The second-order valence-electron chi connectivity index (χ2n) is 6.25. The molecule has 0 aromatic heterocycles. The highest BCUT2D eigenvalue weighted by Gasteiger charge is 2.17. The van der Waals surface area contributed by atoms with E-state index in [9.17, 15) is 14.4 Å². The van der Waals surface area contributed by atoms with Crippen LogP contribution in [0, 0.1) is 0 Å². The molecule has 1 rings (SSSR count). The van der Waals surface area contributed by atoms with Crippen molar-refractivity contribution in [2.75, 3.05) is 72.1 Å². The number of carbonyl (C=O) groups is 3. The third-order valence-corrected chi connectivity index (χ3v) is 4.07. The topological polar surface area (TPSA) is 111 Å². The maximum atomic E-state index is 11.2. The van der Waals surface area contributed by atoms with Gasteiger partial charge in [0.2, 0.25) is 0 Å². The average Bonchev–Trinajstić information content (AvgIpc) is 2.50. The molecule has 2 N–H and O–H groups in total. The Hall–Kier alpha value is -1.55. The number of hydrogen-bond acceptors (Lipinski definition) is 7. The Morgan fingerprint density at radius 1 is 0.800 bits per heavy atom. The highest BCUT2D eigenvalue weighted by Crippen LogP contribution is 2.00. The summed E-state index contributed by atoms with van der Waals surface area (Å²) in [5.41, 5.74) is 0. The number of aliphatic carboxylic acids is 2. The van der Waals surface area contributed by atoms with Crippen LogP contribution in [0.4, 0.5) is 0 Å². The highest BCUT2D eigenvalue weighted by atomic mass is 16.5. The molecule has 1 aliphatic rings. The lowest BCUT2D eigenvalue weighted by Gasteiger charge is -2.30. The largest absolute Gasteiger partial charge is 0.480 e. The number of hydrogen-bond donors (Lipinski definition) is 2. The van der Waals surface area contributed by atoms with Crippen molar-refractivity contribution in [3.05, 3.63) is 0 Å². The fourth-order valence-corrected chi connectivity index (χ4v) is 2.63. The normalized spacial score (nSPS) is 19.7. The molecule has 0 saturated carbocycles. The van der Waals surface area contributed by atoms with Crippen molar-refractivity contribution >= 4 is 17.7 Å². The van der Waals surface area contributed by atoms with Gasteiger partial charge in [0.15, 0.2) is 0 Å². The van der Waals surface area contributed by atoms with E-state index in [1.54, 1.807) is 16.7 Å². The van der Waals surface area contributed by atoms with Gasteiger partial charge >= 0.3 is 11.9 Å². The molecule has 0 aromatic carbocycles. The van der Waals surface area contributed by atoms with E-state index < -0.39 is 11.9 Å². The molecule has 25 heavy (non-hydrogen) atoms. The first-order valence-electron chi connectivity index (χ1n) is 8.54. The lowest BCUT2D eigenvalue weighted by Crippen LogP contribution is -2.45. The number of carbonyl (C=O) groups excluding carboxylic acids is 1. The van der Waals surface area contributed by atoms with E-state index in [4.69, 9.17) is 14.9 Å². The molecule has 1 fully saturated rings. The second-order valence-corrected chi connectivity index (χ2v) is 6.25. The summed E-state index contributed by atoms with van der Waals surface area (Å²) in [4.78, 5) is 38.9. The smallest absolute Gasteiger partial charge is 0.317 e. The number of Topliss-reactive ketones (excluding diaryl/α,β-unsaturated/α-hetero) is 1. The summed E-state index contributed by atoms with van der Waals surface area (Å²) >= 11 is 0. The number of ether oxygens (including phenoxy) is 1. The molecule has 0 unspecified atom stereocenters. The summed E-state index contributed by atoms with van der Waals surface area (Å²) in [6.07, 6.45) is 0.464. The number of nitrogens with zero attached hydrogens (tertiary/aromatic N) is 3. The molecule has 1 aliphatic heterocycles. The highest BCUT2D eigenvalue weighted by molar-refractivity contribution is 5.75. The van der Waals surface area contributed by atoms with Gasteiger partial charge in [-0.25, -0.2) is 0 Å². The van der Waals surface area contributed by atoms with Gasteiger partial charge in [-0.2, -0.15) is 0 Å². The summed E-state index contributed by atoms with van der Waals surface area (Å²) in [6, 6.07) is 0. The lowest BCUT2D eigenvalue weighted by atomic mass is 10.3. The predicted octanol–water partition coefficient (Wildman–Crippen LogP) is -0.929. The molecular formula is C16H29N3O6. The number of ketones is 1. The summed E-state index contributed by atoms with van der Waals surface area (Å²) in [5, 5.41) is 18.1. The Morgan fingerprint density at radius 2 is 1.24 bits per heavy atom. The van der Waals surface area contributed by atoms with Gasteiger partial charge < -0.3 is 14.9 Å². The van der Waals surface area contributed by atoms with Crippen molar-refractivity contribution in [3.8, 4) is 0 Å². The van der Waals surface area contributed by atoms with Gasteiger partial charge in [0.05, 0.1) is 26.3 Å². The van der Waals surface area contributed by atoms with E-state index in [0.29, 0.717) is 65.4 Å². The molecule has 0 aromatic rings. The van der Waals surface area contributed by atoms with Crippen molar-refractivity contribution in [1.29, 1.82) is 0 Å². The number of carboxylic acid groups (broad SMARTS) is 2. The molecule has 0 bridgehead atoms. The first-order valence-corrected chi connectivity index (χ1v) is 8.54. The van der Waals surface area contributed by atoms with Crippen LogP contribution in [-0.2, 0) is 19.1 Å². The molecule has 0 radical (unpaired) electrons. The molecular weight excluding hydrogens is 330 g/mol. The first kappa shape index (κ1) is 21.5. The van der Waals surface area contributed by atoms with Crippen LogP contribution in [0.25, 0.3) is 0 Å². The van der Waals surface area contributed by atoms with Crippen LogP contribution in [-0.4, -0.2) is 115 Å². The third kappa shape index (κ3) is 10.8. The van der Waals surface area contributed by atoms with Crippen molar-refractivity contribution in [3.63, 3.8) is 0 Å². The van der Waals surface area contributed by atoms with E-state index >= 15 is 0 Å². The third-order valence-electron chi connectivity index (χ3n) is 4.07. The van der Waals surface area contributed by atoms with Gasteiger partial charge in [-0.05, 0) is 6.92 Å². The quantitative estimate of drug-likeness (QED) is 0.595. The van der Waals surface area contributed by atoms with E-state index in [2.05, 4.69) is 4.90 Å². The Balaban J connectivity index is 2.66. The molecule has 1 saturated heterocycles. The minimum atomic E-state index is -0.910. The Bertz CT molecular complexity index is 446. The minimum absolute atomic E-state index is 0.0854. The van der Waals surface area contributed by atoms with E-state index in [1.165, 1.54) is 0 Å². The summed E-state index contributed by atoms with van der Waals surface area (Å²) < 4.78 is 5.58. The summed E-state index contributed by atoms with van der Waals surface area (Å²) in [5.74, 6) is -1.69. The van der Waals surface area contributed by atoms with Crippen molar-refractivity contribution in [2.45, 2.75) is 13.3 Å². The molecule has 0 amide bonds. The monoisotopic (exact) mass is 359 g/mol. The van der Waals surface area contributed by atoms with Crippen LogP contribution in [0.5, 0.6) is 0 Å². The molecule has 0 atom stereocenters. The van der Waals surface area contributed by atoms with E-state index in [-0.39, 0.29) is 18.9 Å². The van der Waals surface area contributed by atoms with Crippen molar-refractivity contribution < 1.29 is 29.3 Å². The van der Waals surface area contributed by atoms with Crippen LogP contribution in [0.3, 0.4) is 0 Å². The fraction of sp³-hybridized carbons (Fsp3) is 0.812. The van der Waals surface area contributed by atoms with E-state index in [1.807, 2.05) is 0 Å². The van der Waals surface area contributed by atoms with Gasteiger partial charge in [-0.15, -0.1) is 0 Å². The van der Waals surface area contributed by atoms with Crippen molar-refractivity contribution in [2.24, 2.45) is 0 Å². The summed E-state index contributed by atoms with van der Waals surface area (Å²) in [7, 11) is 0. The van der Waals surface area contributed by atoms with Crippen LogP contribution in [0.2, 0.25) is 0 Å². The number of rotatable bonds is 7. The zero-order chi connectivity index (χ0) is 18.7. The van der Waals surface area contributed by atoms with Gasteiger partial charge in [0, 0.05) is 52.2 Å². The van der Waals surface area contributed by atoms with Crippen LogP contribution in [0.15, 0.2) is 0 Å². The van der Waals surface area contributed by atoms with Gasteiger partial charge in [0.1, 0.15) is 5.78 Å². The zero-order valence-corrected chi connectivity index (χ0v) is 14.9. The van der Waals surface area contributed by atoms with Crippen LogP contribution in [0.1, 0.15) is 13.3 Å². The molecule has 1 heterocycles. The SMILES string of the molecule is CC(=O)CCN1CCOCCN(CC(=O)O)CCN(CC(=O)O)CC1. The van der Waals surface area contributed by atoms with Crippen LogP contribution < -0.4 is 0 Å². The molecule has 9 heteroatoms. The van der Waals surface area contributed by atoms with E-state index in [0.717, 1.165) is 0 Å². The molecule has 144 valence electrons. The zero-order valence-electron chi connectivity index (χ0n) is 14.9. The lowest BCUT2D eigenvalue weighted by molar-refractivity contribution is -0.140. The fourth-order valence-electron chi connectivity index (χ4n) is 2.63.